The normalized spacial score (nSPS) is 16.4. The number of ether oxygens (including phenoxy) is 1. The van der Waals surface area contributed by atoms with Gasteiger partial charge in [0.25, 0.3) is 0 Å². The molecule has 2 rings (SSSR count). The van der Waals surface area contributed by atoms with E-state index in [-0.39, 0.29) is 23.9 Å². The molecule has 25 heavy (non-hydrogen) atoms. The van der Waals surface area contributed by atoms with E-state index in [0.29, 0.717) is 35.5 Å². The Hall–Kier alpha value is -1.66. The zero-order valence-corrected chi connectivity index (χ0v) is 15.8. The average Bonchev–Trinajstić information content (AvgIpc) is 2.77. The van der Waals surface area contributed by atoms with Gasteiger partial charge in [-0.15, -0.1) is 0 Å². The molecule has 0 bridgehead atoms. The minimum atomic E-state index is -0.303. The summed E-state index contributed by atoms with van der Waals surface area (Å²) in [6.45, 7) is 4.89. The second-order valence-electron chi connectivity index (χ2n) is 6.17. The molecule has 0 aliphatic carbocycles. The third-order valence-corrected chi connectivity index (χ3v) is 4.67. The first-order valence-corrected chi connectivity index (χ1v) is 9.08. The molecule has 6 nitrogen and oxygen atoms in total. The zero-order valence-electron chi connectivity index (χ0n) is 14.3. The Labute approximate surface area is 157 Å². The maximum Gasteiger partial charge on any atom is 0.315 e. The fraction of sp³-hybridized carbons (Fsp3) is 0.529. The summed E-state index contributed by atoms with van der Waals surface area (Å²) >= 11 is 12.3. The molecule has 0 aromatic heterocycles. The van der Waals surface area contributed by atoms with Gasteiger partial charge in [-0.1, -0.05) is 43.1 Å². The smallest absolute Gasteiger partial charge is 0.315 e. The van der Waals surface area contributed by atoms with E-state index >= 15 is 0 Å². The van der Waals surface area contributed by atoms with Crippen LogP contribution in [-0.4, -0.2) is 31.6 Å². The maximum absolute atomic E-state index is 12.1. The molecule has 1 aliphatic heterocycles. The number of hydrogen-bond donors (Lipinski definition) is 3. The quantitative estimate of drug-likeness (QED) is 0.678. The van der Waals surface area contributed by atoms with Crippen LogP contribution in [0.1, 0.15) is 38.3 Å². The molecule has 0 spiro atoms. The summed E-state index contributed by atoms with van der Waals surface area (Å²) in [6, 6.07) is 3.01. The lowest BCUT2D eigenvalue weighted by Crippen LogP contribution is -2.42. The summed E-state index contributed by atoms with van der Waals surface area (Å²) in [5.41, 5.74) is 0.815. The van der Waals surface area contributed by atoms with Crippen molar-refractivity contribution in [2.45, 2.75) is 32.7 Å². The van der Waals surface area contributed by atoms with Crippen LogP contribution in [0, 0.1) is 5.92 Å². The van der Waals surface area contributed by atoms with E-state index in [9.17, 15) is 9.59 Å². The zero-order chi connectivity index (χ0) is 18.4. The van der Waals surface area contributed by atoms with Gasteiger partial charge in [-0.3, -0.25) is 4.79 Å². The van der Waals surface area contributed by atoms with E-state index in [1.807, 2.05) is 19.9 Å². The Balaban J connectivity index is 1.91. The molecule has 1 aromatic carbocycles. The first-order valence-electron chi connectivity index (χ1n) is 8.33. The molecule has 1 aliphatic rings. The number of carbonyl (C=O) groups excluding carboxylic acids is 2. The Morgan fingerprint density at radius 1 is 1.24 bits per heavy atom. The van der Waals surface area contributed by atoms with Gasteiger partial charge in [-0.2, -0.15) is 0 Å². The monoisotopic (exact) mass is 387 g/mol. The van der Waals surface area contributed by atoms with Crippen LogP contribution in [-0.2, 0) is 4.79 Å². The van der Waals surface area contributed by atoms with E-state index in [0.717, 1.165) is 18.4 Å². The van der Waals surface area contributed by atoms with Crippen LogP contribution in [0.2, 0.25) is 10.0 Å². The van der Waals surface area contributed by atoms with E-state index < -0.39 is 0 Å². The van der Waals surface area contributed by atoms with Crippen molar-refractivity contribution >= 4 is 35.1 Å². The van der Waals surface area contributed by atoms with Gasteiger partial charge in [0, 0.05) is 24.6 Å². The fourth-order valence-corrected chi connectivity index (χ4v) is 2.89. The second-order valence-corrected chi connectivity index (χ2v) is 6.95. The van der Waals surface area contributed by atoms with Crippen LogP contribution < -0.4 is 20.7 Å². The molecule has 0 unspecified atom stereocenters. The highest BCUT2D eigenvalue weighted by atomic mass is 35.5. The fourth-order valence-electron chi connectivity index (χ4n) is 2.51. The van der Waals surface area contributed by atoms with Crippen LogP contribution in [0.15, 0.2) is 12.1 Å². The highest BCUT2D eigenvalue weighted by molar-refractivity contribution is 6.43. The number of urea groups is 1. The van der Waals surface area contributed by atoms with E-state index in [4.69, 9.17) is 27.9 Å². The van der Waals surface area contributed by atoms with Gasteiger partial charge in [-0.05, 0) is 18.9 Å². The van der Waals surface area contributed by atoms with Gasteiger partial charge in [0.1, 0.15) is 10.8 Å². The molecule has 1 atom stereocenters. The standard InChI is InChI=1S/C17H23Cl2N3O3/c1-10(2)16(23)20-7-8-21-17(24)22-13-4-3-9-25-15-11(13)5-6-12(18)14(15)19/h5-6,10,13H,3-4,7-9H2,1-2H3,(H,20,23)(H2,21,22,24)/t13-/m0/s1. The van der Waals surface area contributed by atoms with E-state index in [1.54, 1.807) is 6.07 Å². The maximum atomic E-state index is 12.1. The Morgan fingerprint density at radius 3 is 2.68 bits per heavy atom. The highest BCUT2D eigenvalue weighted by Gasteiger charge is 2.24. The van der Waals surface area contributed by atoms with Crippen molar-refractivity contribution in [1.82, 2.24) is 16.0 Å². The molecule has 0 radical (unpaired) electrons. The van der Waals surface area contributed by atoms with Gasteiger partial charge in [-0.25, -0.2) is 4.79 Å². The SMILES string of the molecule is CC(C)C(=O)NCCNC(=O)N[C@H]1CCCOc2c1ccc(Cl)c2Cl. The first kappa shape index (κ1) is 19.7. The van der Waals surface area contributed by atoms with E-state index in [2.05, 4.69) is 16.0 Å². The summed E-state index contributed by atoms with van der Waals surface area (Å²) in [5.74, 6) is 0.414. The molecule has 0 saturated carbocycles. The third kappa shape index (κ3) is 5.41. The van der Waals surface area contributed by atoms with Gasteiger partial charge in [0.05, 0.1) is 17.7 Å². The van der Waals surface area contributed by atoms with Crippen molar-refractivity contribution in [2.24, 2.45) is 5.92 Å². The minimum Gasteiger partial charge on any atom is -0.492 e. The second kappa shape index (κ2) is 9.15. The summed E-state index contributed by atoms with van der Waals surface area (Å²) in [4.78, 5) is 23.6. The average molecular weight is 388 g/mol. The van der Waals surface area contributed by atoms with Crippen molar-refractivity contribution in [2.75, 3.05) is 19.7 Å². The van der Waals surface area contributed by atoms with Crippen LogP contribution in [0.5, 0.6) is 5.75 Å². The van der Waals surface area contributed by atoms with Crippen molar-refractivity contribution in [3.63, 3.8) is 0 Å². The Kier molecular flexibility index (Phi) is 7.20. The molecule has 3 amide bonds. The number of halogens is 2. The molecule has 1 heterocycles. The van der Waals surface area contributed by atoms with Gasteiger partial charge in [0.2, 0.25) is 5.91 Å². The van der Waals surface area contributed by atoms with Crippen molar-refractivity contribution in [1.29, 1.82) is 0 Å². The molecule has 0 fully saturated rings. The predicted octanol–water partition coefficient (Wildman–Crippen LogP) is 3.28. The largest absolute Gasteiger partial charge is 0.492 e. The van der Waals surface area contributed by atoms with Crippen LogP contribution in [0.25, 0.3) is 0 Å². The van der Waals surface area contributed by atoms with E-state index in [1.165, 1.54) is 0 Å². The van der Waals surface area contributed by atoms with Gasteiger partial charge < -0.3 is 20.7 Å². The van der Waals surface area contributed by atoms with Crippen LogP contribution >= 0.6 is 23.2 Å². The number of amides is 3. The topological polar surface area (TPSA) is 79.5 Å². The molecule has 1 aromatic rings. The molecule has 0 saturated heterocycles. The third-order valence-electron chi connectivity index (χ3n) is 3.88. The summed E-state index contributed by atoms with van der Waals surface area (Å²) in [6.07, 6.45) is 1.53. The van der Waals surface area contributed by atoms with Crippen LogP contribution in [0.3, 0.4) is 0 Å². The number of hydrogen-bond acceptors (Lipinski definition) is 3. The number of nitrogens with one attached hydrogen (secondary N) is 3. The van der Waals surface area contributed by atoms with Crippen molar-refractivity contribution in [3.05, 3.63) is 27.7 Å². The predicted molar refractivity (Wildman–Crippen MR) is 98.3 cm³/mol. The number of carbonyl (C=O) groups is 2. The summed E-state index contributed by atoms with van der Waals surface area (Å²) in [5, 5.41) is 9.20. The first-order chi connectivity index (χ1) is 11.9. The number of benzene rings is 1. The Morgan fingerprint density at radius 2 is 1.96 bits per heavy atom. The number of rotatable bonds is 5. The lowest BCUT2D eigenvalue weighted by atomic mass is 10.0. The Bertz CT molecular complexity index is 638. The minimum absolute atomic E-state index is 0.0384. The van der Waals surface area contributed by atoms with Crippen LogP contribution in [0.4, 0.5) is 4.79 Å². The lowest BCUT2D eigenvalue weighted by molar-refractivity contribution is -0.123. The van der Waals surface area contributed by atoms with Gasteiger partial charge >= 0.3 is 6.03 Å². The van der Waals surface area contributed by atoms with Gasteiger partial charge in [0.15, 0.2) is 0 Å². The van der Waals surface area contributed by atoms with Crippen molar-refractivity contribution in [3.8, 4) is 5.75 Å². The summed E-state index contributed by atoms with van der Waals surface area (Å²) < 4.78 is 5.68. The molecule has 138 valence electrons. The highest BCUT2D eigenvalue weighted by Crippen LogP contribution is 2.40. The number of fused-ring (bicyclic) bond motifs is 1. The molecular formula is C17H23Cl2N3O3. The molecular weight excluding hydrogens is 365 g/mol. The lowest BCUT2D eigenvalue weighted by Gasteiger charge is -2.20. The van der Waals surface area contributed by atoms with Crippen molar-refractivity contribution < 1.29 is 14.3 Å². The summed E-state index contributed by atoms with van der Waals surface area (Å²) in [7, 11) is 0. The molecule has 8 heteroatoms. The molecule has 3 N–H and O–H groups in total.